The maximum atomic E-state index is 5.55. The van der Waals surface area contributed by atoms with Crippen LogP contribution in [0.5, 0.6) is 5.75 Å². The molecular weight excluding hydrogens is 176 g/mol. The highest BCUT2D eigenvalue weighted by molar-refractivity contribution is 5.19. The maximum absolute atomic E-state index is 5.55. The molecule has 0 bridgehead atoms. The third-order valence-corrected chi connectivity index (χ3v) is 2.50. The SMILES string of the molecule is NCc1ccc(OCCC2CC2)cn1. The monoisotopic (exact) mass is 192 g/mol. The number of nitrogens with zero attached hydrogens (tertiary/aromatic N) is 1. The molecule has 14 heavy (non-hydrogen) atoms. The Bertz CT molecular complexity index is 280. The van der Waals surface area contributed by atoms with Gasteiger partial charge in [-0.25, -0.2) is 0 Å². The summed E-state index contributed by atoms with van der Waals surface area (Å²) in [6.45, 7) is 1.30. The van der Waals surface area contributed by atoms with Crippen molar-refractivity contribution in [2.24, 2.45) is 11.7 Å². The molecule has 0 atom stereocenters. The van der Waals surface area contributed by atoms with Crippen LogP contribution in [-0.4, -0.2) is 11.6 Å². The molecule has 1 heterocycles. The summed E-state index contributed by atoms with van der Waals surface area (Å²) < 4.78 is 5.55. The fourth-order valence-electron chi connectivity index (χ4n) is 1.37. The van der Waals surface area contributed by atoms with Crippen molar-refractivity contribution in [3.8, 4) is 5.75 Å². The standard InChI is InChI=1S/C11H16N2O/c12-7-10-3-4-11(8-13-10)14-6-5-9-1-2-9/h3-4,8-9H,1-2,5-7,12H2. The van der Waals surface area contributed by atoms with E-state index in [1.54, 1.807) is 6.20 Å². The van der Waals surface area contributed by atoms with E-state index in [0.717, 1.165) is 24.0 Å². The third kappa shape index (κ3) is 2.70. The molecule has 3 nitrogen and oxygen atoms in total. The van der Waals surface area contributed by atoms with Crippen LogP contribution in [0.25, 0.3) is 0 Å². The van der Waals surface area contributed by atoms with Crippen LogP contribution in [0.2, 0.25) is 0 Å². The molecule has 1 aliphatic carbocycles. The van der Waals surface area contributed by atoms with Gasteiger partial charge in [-0.2, -0.15) is 0 Å². The minimum absolute atomic E-state index is 0.488. The van der Waals surface area contributed by atoms with Gasteiger partial charge in [-0.05, 0) is 24.5 Å². The summed E-state index contributed by atoms with van der Waals surface area (Å²) in [4.78, 5) is 4.16. The number of ether oxygens (including phenoxy) is 1. The van der Waals surface area contributed by atoms with Crippen molar-refractivity contribution in [1.82, 2.24) is 4.98 Å². The molecule has 1 aromatic rings. The van der Waals surface area contributed by atoms with Crippen LogP contribution in [-0.2, 0) is 6.54 Å². The molecule has 0 spiro atoms. The lowest BCUT2D eigenvalue weighted by atomic mass is 10.3. The van der Waals surface area contributed by atoms with Gasteiger partial charge in [0.1, 0.15) is 5.75 Å². The Morgan fingerprint density at radius 3 is 2.86 bits per heavy atom. The summed E-state index contributed by atoms with van der Waals surface area (Å²) in [5, 5.41) is 0. The minimum Gasteiger partial charge on any atom is -0.492 e. The predicted octanol–water partition coefficient (Wildman–Crippen LogP) is 1.72. The van der Waals surface area contributed by atoms with Crippen LogP contribution in [0.1, 0.15) is 25.0 Å². The van der Waals surface area contributed by atoms with Crippen LogP contribution in [0.15, 0.2) is 18.3 Å². The summed E-state index contributed by atoms with van der Waals surface area (Å²) in [5.74, 6) is 1.77. The van der Waals surface area contributed by atoms with Gasteiger partial charge < -0.3 is 10.5 Å². The Morgan fingerprint density at radius 1 is 1.43 bits per heavy atom. The lowest BCUT2D eigenvalue weighted by molar-refractivity contribution is 0.301. The average Bonchev–Trinajstić information content (AvgIpc) is 3.03. The first-order valence-corrected chi connectivity index (χ1v) is 5.16. The molecular formula is C11H16N2O. The van der Waals surface area contributed by atoms with E-state index >= 15 is 0 Å². The first kappa shape index (κ1) is 9.46. The Kier molecular flexibility index (Phi) is 2.99. The second-order valence-electron chi connectivity index (χ2n) is 3.77. The van der Waals surface area contributed by atoms with Crippen molar-refractivity contribution in [2.45, 2.75) is 25.8 Å². The summed E-state index contributed by atoms with van der Waals surface area (Å²) in [6.07, 6.45) is 5.69. The minimum atomic E-state index is 0.488. The lowest BCUT2D eigenvalue weighted by Gasteiger charge is -2.05. The molecule has 0 amide bonds. The van der Waals surface area contributed by atoms with Gasteiger partial charge in [0.15, 0.2) is 0 Å². The van der Waals surface area contributed by atoms with E-state index in [0.29, 0.717) is 6.54 Å². The Hall–Kier alpha value is -1.09. The van der Waals surface area contributed by atoms with E-state index in [2.05, 4.69) is 4.98 Å². The number of rotatable bonds is 5. The molecule has 2 N–H and O–H groups in total. The predicted molar refractivity (Wildman–Crippen MR) is 55.0 cm³/mol. The highest BCUT2D eigenvalue weighted by Crippen LogP contribution is 2.32. The van der Waals surface area contributed by atoms with E-state index in [9.17, 15) is 0 Å². The number of hydrogen-bond acceptors (Lipinski definition) is 3. The van der Waals surface area contributed by atoms with Crippen molar-refractivity contribution < 1.29 is 4.74 Å². The van der Waals surface area contributed by atoms with E-state index < -0.39 is 0 Å². The van der Waals surface area contributed by atoms with Crippen molar-refractivity contribution in [3.63, 3.8) is 0 Å². The largest absolute Gasteiger partial charge is 0.492 e. The van der Waals surface area contributed by atoms with Gasteiger partial charge in [0.25, 0.3) is 0 Å². The Morgan fingerprint density at radius 2 is 2.29 bits per heavy atom. The fourth-order valence-corrected chi connectivity index (χ4v) is 1.37. The second kappa shape index (κ2) is 4.42. The zero-order valence-corrected chi connectivity index (χ0v) is 8.28. The molecule has 1 saturated carbocycles. The van der Waals surface area contributed by atoms with Crippen LogP contribution in [0, 0.1) is 5.92 Å². The van der Waals surface area contributed by atoms with Gasteiger partial charge in [0, 0.05) is 6.54 Å². The molecule has 0 aliphatic heterocycles. The van der Waals surface area contributed by atoms with Gasteiger partial charge in [0.05, 0.1) is 18.5 Å². The molecule has 3 heteroatoms. The number of hydrogen-bond donors (Lipinski definition) is 1. The van der Waals surface area contributed by atoms with Crippen molar-refractivity contribution in [2.75, 3.05) is 6.61 Å². The third-order valence-electron chi connectivity index (χ3n) is 2.50. The smallest absolute Gasteiger partial charge is 0.137 e. The molecule has 2 rings (SSSR count). The molecule has 1 fully saturated rings. The molecule has 1 aliphatic rings. The van der Waals surface area contributed by atoms with E-state index in [-0.39, 0.29) is 0 Å². The van der Waals surface area contributed by atoms with Gasteiger partial charge in [-0.3, -0.25) is 4.98 Å². The van der Waals surface area contributed by atoms with Gasteiger partial charge in [-0.15, -0.1) is 0 Å². The number of pyridine rings is 1. The quantitative estimate of drug-likeness (QED) is 0.772. The number of aromatic nitrogens is 1. The molecule has 1 aromatic heterocycles. The normalized spacial score (nSPS) is 15.5. The molecule has 76 valence electrons. The topological polar surface area (TPSA) is 48.1 Å². The van der Waals surface area contributed by atoms with Crippen LogP contribution in [0.3, 0.4) is 0 Å². The van der Waals surface area contributed by atoms with Crippen LogP contribution in [0.4, 0.5) is 0 Å². The summed E-state index contributed by atoms with van der Waals surface area (Å²) >= 11 is 0. The first-order chi connectivity index (χ1) is 6.88. The lowest BCUT2D eigenvalue weighted by Crippen LogP contribution is -2.01. The van der Waals surface area contributed by atoms with Crippen molar-refractivity contribution in [3.05, 3.63) is 24.0 Å². The van der Waals surface area contributed by atoms with E-state index in [4.69, 9.17) is 10.5 Å². The Balaban J connectivity index is 1.77. The van der Waals surface area contributed by atoms with Crippen molar-refractivity contribution in [1.29, 1.82) is 0 Å². The molecule has 0 radical (unpaired) electrons. The van der Waals surface area contributed by atoms with Crippen molar-refractivity contribution >= 4 is 0 Å². The Labute approximate surface area is 84.3 Å². The van der Waals surface area contributed by atoms with Crippen LogP contribution >= 0.6 is 0 Å². The maximum Gasteiger partial charge on any atom is 0.137 e. The zero-order valence-electron chi connectivity index (χ0n) is 8.28. The second-order valence-corrected chi connectivity index (χ2v) is 3.77. The summed E-state index contributed by atoms with van der Waals surface area (Å²) in [5.41, 5.74) is 6.35. The molecule has 0 saturated heterocycles. The van der Waals surface area contributed by atoms with E-state index in [1.807, 2.05) is 12.1 Å². The molecule has 0 unspecified atom stereocenters. The van der Waals surface area contributed by atoms with E-state index in [1.165, 1.54) is 19.3 Å². The summed E-state index contributed by atoms with van der Waals surface area (Å²) in [7, 11) is 0. The first-order valence-electron chi connectivity index (χ1n) is 5.16. The van der Waals surface area contributed by atoms with Gasteiger partial charge in [0.2, 0.25) is 0 Å². The molecule has 0 aromatic carbocycles. The van der Waals surface area contributed by atoms with Gasteiger partial charge >= 0.3 is 0 Å². The van der Waals surface area contributed by atoms with Gasteiger partial charge in [-0.1, -0.05) is 12.8 Å². The average molecular weight is 192 g/mol. The highest BCUT2D eigenvalue weighted by Gasteiger charge is 2.20. The fraction of sp³-hybridized carbons (Fsp3) is 0.545. The van der Waals surface area contributed by atoms with Crippen LogP contribution < -0.4 is 10.5 Å². The zero-order chi connectivity index (χ0) is 9.80. The highest BCUT2D eigenvalue weighted by atomic mass is 16.5. The summed E-state index contributed by atoms with van der Waals surface area (Å²) in [6, 6.07) is 3.84. The number of nitrogens with two attached hydrogens (primary N) is 1.